The molecule has 0 atom stereocenters. The summed E-state index contributed by atoms with van der Waals surface area (Å²) >= 11 is 0. The third-order valence-electron chi connectivity index (χ3n) is 2.68. The van der Waals surface area contributed by atoms with E-state index in [0.717, 1.165) is 36.4 Å². The first-order valence-corrected chi connectivity index (χ1v) is 5.94. The highest BCUT2D eigenvalue weighted by Gasteiger charge is 2.34. The molecule has 0 aromatic heterocycles. The van der Waals surface area contributed by atoms with Gasteiger partial charge in [0.25, 0.3) is 0 Å². The first kappa shape index (κ1) is 16.0. The second-order valence-electron chi connectivity index (χ2n) is 4.23. The molecule has 2 aromatic carbocycles. The summed E-state index contributed by atoms with van der Waals surface area (Å²) in [5, 5.41) is 6.64. The number of alkyl halides is 6. The van der Waals surface area contributed by atoms with Crippen molar-refractivity contribution in [3.8, 4) is 0 Å². The van der Waals surface area contributed by atoms with Crippen molar-refractivity contribution in [3.05, 3.63) is 59.7 Å². The minimum atomic E-state index is -4.67. The zero-order valence-corrected chi connectivity index (χ0v) is 10.8. The van der Waals surface area contributed by atoms with E-state index in [1.165, 1.54) is 12.1 Å². The van der Waals surface area contributed by atoms with Crippen molar-refractivity contribution in [3.63, 3.8) is 0 Å². The van der Waals surface area contributed by atoms with Crippen molar-refractivity contribution in [1.29, 1.82) is 0 Å². The summed E-state index contributed by atoms with van der Waals surface area (Å²) in [6.07, 6.45) is -9.34. The third-order valence-corrected chi connectivity index (χ3v) is 2.68. The van der Waals surface area contributed by atoms with E-state index >= 15 is 0 Å². The van der Waals surface area contributed by atoms with Crippen molar-refractivity contribution in [1.82, 2.24) is 0 Å². The molecule has 0 spiro atoms. The minimum absolute atomic E-state index is 0.549. The van der Waals surface area contributed by atoms with E-state index in [4.69, 9.17) is 0 Å². The van der Waals surface area contributed by atoms with Crippen LogP contribution in [0.4, 0.5) is 37.7 Å². The van der Waals surface area contributed by atoms with Gasteiger partial charge in [-0.1, -0.05) is 24.3 Å². The molecule has 22 heavy (non-hydrogen) atoms. The molecule has 0 radical (unpaired) electrons. The van der Waals surface area contributed by atoms with Crippen LogP contribution in [-0.2, 0) is 12.4 Å². The summed E-state index contributed by atoms with van der Waals surface area (Å²) in [4.78, 5) is 0. The van der Waals surface area contributed by atoms with Crippen molar-refractivity contribution in [2.24, 2.45) is 10.2 Å². The van der Waals surface area contributed by atoms with E-state index < -0.39 is 34.9 Å². The fourth-order valence-corrected chi connectivity index (χ4v) is 1.71. The van der Waals surface area contributed by atoms with Gasteiger partial charge in [-0.15, -0.1) is 10.2 Å². The molecule has 116 valence electrons. The molecule has 0 fully saturated rings. The summed E-state index contributed by atoms with van der Waals surface area (Å²) in [6.45, 7) is 0. The van der Waals surface area contributed by atoms with Gasteiger partial charge in [0, 0.05) is 0 Å². The Morgan fingerprint density at radius 1 is 0.545 bits per heavy atom. The highest BCUT2D eigenvalue weighted by Crippen LogP contribution is 2.39. The predicted molar refractivity (Wildman–Crippen MR) is 67.1 cm³/mol. The van der Waals surface area contributed by atoms with E-state index in [1.54, 1.807) is 0 Å². The van der Waals surface area contributed by atoms with Crippen LogP contribution in [0.3, 0.4) is 0 Å². The molecule has 2 rings (SSSR count). The Bertz CT molecular complexity index is 629. The third kappa shape index (κ3) is 3.63. The molecule has 0 bridgehead atoms. The number of halogens is 6. The lowest BCUT2D eigenvalue weighted by molar-refractivity contribution is -0.138. The van der Waals surface area contributed by atoms with Gasteiger partial charge < -0.3 is 0 Å². The maximum Gasteiger partial charge on any atom is 0.418 e. The monoisotopic (exact) mass is 318 g/mol. The van der Waals surface area contributed by atoms with Gasteiger partial charge in [-0.05, 0) is 24.3 Å². The van der Waals surface area contributed by atoms with Gasteiger partial charge >= 0.3 is 12.4 Å². The number of hydrogen-bond donors (Lipinski definition) is 0. The van der Waals surface area contributed by atoms with Gasteiger partial charge in [-0.25, -0.2) is 0 Å². The summed E-state index contributed by atoms with van der Waals surface area (Å²) in [7, 11) is 0. The van der Waals surface area contributed by atoms with Gasteiger partial charge in [0.15, 0.2) is 0 Å². The lowest BCUT2D eigenvalue weighted by Crippen LogP contribution is -2.05. The Kier molecular flexibility index (Phi) is 4.20. The molecule has 2 aromatic rings. The Labute approximate surface area is 121 Å². The molecule has 0 heterocycles. The largest absolute Gasteiger partial charge is 0.418 e. The van der Waals surface area contributed by atoms with Crippen molar-refractivity contribution in [2.45, 2.75) is 12.4 Å². The van der Waals surface area contributed by atoms with Crippen molar-refractivity contribution < 1.29 is 26.3 Å². The second-order valence-corrected chi connectivity index (χ2v) is 4.23. The lowest BCUT2D eigenvalue weighted by atomic mass is 10.1. The Balaban J connectivity index is 2.43. The number of benzene rings is 2. The van der Waals surface area contributed by atoms with Crippen LogP contribution in [0, 0.1) is 0 Å². The van der Waals surface area contributed by atoms with E-state index in [1.807, 2.05) is 0 Å². The molecular weight excluding hydrogens is 310 g/mol. The van der Waals surface area contributed by atoms with Crippen LogP contribution < -0.4 is 0 Å². The number of hydrogen-bond acceptors (Lipinski definition) is 2. The number of nitrogens with zero attached hydrogens (tertiary/aromatic N) is 2. The highest BCUT2D eigenvalue weighted by molar-refractivity contribution is 5.50. The summed E-state index contributed by atoms with van der Waals surface area (Å²) < 4.78 is 76.6. The normalized spacial score (nSPS) is 12.8. The molecule has 0 N–H and O–H groups in total. The SMILES string of the molecule is FC(F)(F)c1ccccc1N=Nc1ccccc1C(F)(F)F. The zero-order chi connectivity index (χ0) is 16.4. The van der Waals surface area contributed by atoms with Gasteiger partial charge in [-0.3, -0.25) is 0 Å². The molecule has 8 heteroatoms. The predicted octanol–water partition coefficient (Wildman–Crippen LogP) is 6.14. The molecule has 0 unspecified atom stereocenters. The first-order valence-electron chi connectivity index (χ1n) is 5.94. The molecular formula is C14H8F6N2. The Morgan fingerprint density at radius 3 is 1.18 bits per heavy atom. The van der Waals surface area contributed by atoms with Crippen LogP contribution >= 0.6 is 0 Å². The lowest BCUT2D eigenvalue weighted by Gasteiger charge is -2.10. The standard InChI is InChI=1S/C14H8F6N2/c15-13(16,17)9-5-1-3-7-11(9)21-22-12-8-4-2-6-10(12)14(18,19)20/h1-8H. The minimum Gasteiger partial charge on any atom is -0.166 e. The fraction of sp³-hybridized carbons (Fsp3) is 0.143. The smallest absolute Gasteiger partial charge is 0.166 e. The molecule has 0 saturated heterocycles. The van der Waals surface area contributed by atoms with Crippen LogP contribution in [-0.4, -0.2) is 0 Å². The van der Waals surface area contributed by atoms with Gasteiger partial charge in [0.1, 0.15) is 0 Å². The highest BCUT2D eigenvalue weighted by atomic mass is 19.4. The Hall–Kier alpha value is -2.38. The Morgan fingerprint density at radius 2 is 0.864 bits per heavy atom. The summed E-state index contributed by atoms with van der Waals surface area (Å²) in [5.74, 6) is 0. The van der Waals surface area contributed by atoms with Crippen LogP contribution in [0.5, 0.6) is 0 Å². The van der Waals surface area contributed by atoms with E-state index in [9.17, 15) is 26.3 Å². The van der Waals surface area contributed by atoms with Gasteiger partial charge in [0.2, 0.25) is 0 Å². The van der Waals surface area contributed by atoms with E-state index in [0.29, 0.717) is 0 Å². The van der Waals surface area contributed by atoms with Crippen LogP contribution in [0.15, 0.2) is 58.8 Å². The van der Waals surface area contributed by atoms with Crippen molar-refractivity contribution in [2.75, 3.05) is 0 Å². The molecule has 2 nitrogen and oxygen atoms in total. The molecule has 0 aliphatic rings. The molecule has 0 saturated carbocycles. The molecule has 0 aliphatic heterocycles. The summed E-state index contributed by atoms with van der Waals surface area (Å²) in [5.41, 5.74) is -3.23. The number of azo groups is 1. The molecule has 0 aliphatic carbocycles. The van der Waals surface area contributed by atoms with Crippen LogP contribution in [0.1, 0.15) is 11.1 Å². The fourth-order valence-electron chi connectivity index (χ4n) is 1.71. The topological polar surface area (TPSA) is 24.7 Å². The molecule has 0 amide bonds. The van der Waals surface area contributed by atoms with Gasteiger partial charge in [-0.2, -0.15) is 26.3 Å². The van der Waals surface area contributed by atoms with Crippen molar-refractivity contribution >= 4 is 11.4 Å². The average molecular weight is 318 g/mol. The van der Waals surface area contributed by atoms with Crippen LogP contribution in [0.2, 0.25) is 0 Å². The maximum atomic E-state index is 12.8. The second kappa shape index (κ2) is 5.78. The average Bonchev–Trinajstić information content (AvgIpc) is 2.44. The van der Waals surface area contributed by atoms with E-state index in [-0.39, 0.29) is 0 Å². The first-order chi connectivity index (χ1) is 10.2. The van der Waals surface area contributed by atoms with Crippen LogP contribution in [0.25, 0.3) is 0 Å². The quantitative estimate of drug-likeness (QED) is 0.469. The zero-order valence-electron chi connectivity index (χ0n) is 10.8. The van der Waals surface area contributed by atoms with Gasteiger partial charge in [0.05, 0.1) is 22.5 Å². The van der Waals surface area contributed by atoms with E-state index in [2.05, 4.69) is 10.2 Å². The number of rotatable bonds is 2. The maximum absolute atomic E-state index is 12.8. The summed E-state index contributed by atoms with van der Waals surface area (Å²) in [6, 6.07) is 8.52.